The molecule has 3 N–H and O–H groups in total. The second-order valence-electron chi connectivity index (χ2n) is 11.3. The molecule has 11 nitrogen and oxygen atoms in total. The van der Waals surface area contributed by atoms with E-state index in [-0.39, 0.29) is 11.8 Å². The van der Waals surface area contributed by atoms with Gasteiger partial charge < -0.3 is 25.3 Å². The van der Waals surface area contributed by atoms with Gasteiger partial charge in [0.15, 0.2) is 0 Å². The van der Waals surface area contributed by atoms with E-state index >= 15 is 0 Å². The summed E-state index contributed by atoms with van der Waals surface area (Å²) < 4.78 is 31.3. The SMILES string of the molecule is Cc1ncnc(N2CCC(c3nc(-c4nnc(C(F)F)o4)ccc3NCCN3CCCC3)CC2)c1C(C)(C)C(N)=O. The monoisotopic (exact) mass is 569 g/mol. The first kappa shape index (κ1) is 28.8. The third-order valence-electron chi connectivity index (χ3n) is 8.15. The fourth-order valence-corrected chi connectivity index (χ4v) is 5.76. The largest absolute Gasteiger partial charge is 0.414 e. The number of primary amides is 1. The van der Waals surface area contributed by atoms with Crippen LogP contribution in [0.15, 0.2) is 22.9 Å². The maximum Gasteiger partial charge on any atom is 0.314 e. The van der Waals surface area contributed by atoms with E-state index < -0.39 is 23.6 Å². The minimum atomic E-state index is -2.85. The third-order valence-corrected chi connectivity index (χ3v) is 8.15. The normalized spacial score (nSPS) is 17.0. The molecule has 220 valence electrons. The quantitative estimate of drug-likeness (QED) is 0.370. The van der Waals surface area contributed by atoms with E-state index in [0.29, 0.717) is 18.8 Å². The van der Waals surface area contributed by atoms with Crippen LogP contribution in [0.2, 0.25) is 0 Å². The van der Waals surface area contributed by atoms with E-state index in [4.69, 9.17) is 15.1 Å². The van der Waals surface area contributed by atoms with Crippen molar-refractivity contribution in [3.63, 3.8) is 0 Å². The first-order chi connectivity index (χ1) is 19.6. The Morgan fingerprint density at radius 1 is 1.15 bits per heavy atom. The molecule has 0 saturated carbocycles. The van der Waals surface area contributed by atoms with E-state index in [1.807, 2.05) is 13.0 Å². The average molecular weight is 570 g/mol. The van der Waals surface area contributed by atoms with Crippen LogP contribution in [0.3, 0.4) is 0 Å². The molecule has 0 spiro atoms. The third kappa shape index (κ3) is 6.14. The maximum absolute atomic E-state index is 13.1. The number of piperidine rings is 1. The number of nitrogens with zero attached hydrogens (tertiary/aromatic N) is 7. The molecule has 5 rings (SSSR count). The van der Waals surface area contributed by atoms with Gasteiger partial charge in [-0.3, -0.25) is 4.79 Å². The summed E-state index contributed by atoms with van der Waals surface area (Å²) in [4.78, 5) is 30.7. The molecule has 1 amide bonds. The summed E-state index contributed by atoms with van der Waals surface area (Å²) in [7, 11) is 0. The van der Waals surface area contributed by atoms with Gasteiger partial charge >= 0.3 is 6.43 Å². The Hall–Kier alpha value is -3.74. The molecule has 5 heterocycles. The summed E-state index contributed by atoms with van der Waals surface area (Å²) >= 11 is 0. The van der Waals surface area contributed by atoms with Crippen LogP contribution >= 0.6 is 0 Å². The molecule has 0 atom stereocenters. The number of aryl methyl sites for hydroxylation is 1. The summed E-state index contributed by atoms with van der Waals surface area (Å²) in [6.45, 7) is 10.8. The summed E-state index contributed by atoms with van der Waals surface area (Å²) in [5.41, 5.74) is 8.41. The highest BCUT2D eigenvalue weighted by Gasteiger charge is 2.36. The number of aromatic nitrogens is 5. The van der Waals surface area contributed by atoms with Crippen LogP contribution in [-0.2, 0) is 10.2 Å². The van der Waals surface area contributed by atoms with Crippen LogP contribution in [0.5, 0.6) is 0 Å². The molecule has 3 aromatic heterocycles. The Bertz CT molecular complexity index is 1370. The first-order valence-electron chi connectivity index (χ1n) is 14.1. The highest BCUT2D eigenvalue weighted by Crippen LogP contribution is 2.38. The number of pyridine rings is 1. The second-order valence-corrected chi connectivity index (χ2v) is 11.3. The summed E-state index contributed by atoms with van der Waals surface area (Å²) in [6.07, 6.45) is 2.67. The van der Waals surface area contributed by atoms with Gasteiger partial charge in [-0.2, -0.15) is 8.78 Å². The zero-order valence-electron chi connectivity index (χ0n) is 23.7. The molecule has 0 bridgehead atoms. The van der Waals surface area contributed by atoms with E-state index in [2.05, 4.69) is 35.3 Å². The van der Waals surface area contributed by atoms with E-state index in [0.717, 1.165) is 67.5 Å². The average Bonchev–Trinajstić information content (AvgIpc) is 3.66. The fraction of sp³-hybridized carbons (Fsp3) is 0.571. The summed E-state index contributed by atoms with van der Waals surface area (Å²) in [5, 5.41) is 10.8. The van der Waals surface area contributed by atoms with Crippen LogP contribution in [0, 0.1) is 6.92 Å². The number of carbonyl (C=O) groups excluding carboxylic acids is 1. The van der Waals surface area contributed by atoms with Crippen molar-refractivity contribution < 1.29 is 18.0 Å². The molecule has 0 aliphatic carbocycles. The van der Waals surface area contributed by atoms with Gasteiger partial charge in [0, 0.05) is 43.4 Å². The number of alkyl halides is 2. The molecule has 0 unspecified atom stereocenters. The Kier molecular flexibility index (Phi) is 8.43. The topological polar surface area (TPSA) is 139 Å². The lowest BCUT2D eigenvalue weighted by molar-refractivity contribution is -0.122. The van der Waals surface area contributed by atoms with Gasteiger partial charge in [0.05, 0.1) is 16.8 Å². The zero-order chi connectivity index (χ0) is 29.1. The molecule has 2 fully saturated rings. The van der Waals surface area contributed by atoms with Gasteiger partial charge in [-0.1, -0.05) is 0 Å². The molecule has 41 heavy (non-hydrogen) atoms. The van der Waals surface area contributed by atoms with Crippen molar-refractivity contribution in [1.82, 2.24) is 30.0 Å². The number of halogens is 2. The van der Waals surface area contributed by atoms with Gasteiger partial charge in [0.25, 0.3) is 11.8 Å². The first-order valence-corrected chi connectivity index (χ1v) is 14.1. The van der Waals surface area contributed by atoms with Crippen LogP contribution in [0.1, 0.15) is 74.7 Å². The number of nitrogens with one attached hydrogen (secondary N) is 1. The molecule has 2 aliphatic heterocycles. The lowest BCUT2D eigenvalue weighted by Crippen LogP contribution is -2.41. The molecule has 3 aromatic rings. The molecular weight excluding hydrogens is 532 g/mol. The lowest BCUT2D eigenvalue weighted by atomic mass is 9.82. The minimum absolute atomic E-state index is 0.0302. The van der Waals surface area contributed by atoms with Crippen molar-refractivity contribution in [3.8, 4) is 11.6 Å². The van der Waals surface area contributed by atoms with Crippen molar-refractivity contribution in [2.45, 2.75) is 64.2 Å². The predicted molar refractivity (Wildman–Crippen MR) is 150 cm³/mol. The summed E-state index contributed by atoms with van der Waals surface area (Å²) in [6, 6.07) is 3.64. The Balaban J connectivity index is 1.38. The van der Waals surface area contributed by atoms with Crippen LogP contribution in [-0.4, -0.2) is 75.2 Å². The molecule has 0 radical (unpaired) electrons. The van der Waals surface area contributed by atoms with Crippen molar-refractivity contribution >= 4 is 17.4 Å². The number of hydrogen-bond donors (Lipinski definition) is 2. The van der Waals surface area contributed by atoms with Gasteiger partial charge in [-0.25, -0.2) is 15.0 Å². The summed E-state index contributed by atoms with van der Waals surface area (Å²) in [5.74, 6) is -0.380. The van der Waals surface area contributed by atoms with Crippen molar-refractivity contribution in [1.29, 1.82) is 0 Å². The highest BCUT2D eigenvalue weighted by molar-refractivity contribution is 5.87. The minimum Gasteiger partial charge on any atom is -0.414 e. The Morgan fingerprint density at radius 2 is 1.88 bits per heavy atom. The van der Waals surface area contributed by atoms with E-state index in [1.165, 1.54) is 19.2 Å². The van der Waals surface area contributed by atoms with E-state index in [1.54, 1.807) is 19.9 Å². The van der Waals surface area contributed by atoms with E-state index in [9.17, 15) is 13.6 Å². The van der Waals surface area contributed by atoms with Crippen LogP contribution in [0.4, 0.5) is 20.3 Å². The van der Waals surface area contributed by atoms with Crippen LogP contribution in [0.25, 0.3) is 11.6 Å². The number of rotatable bonds is 10. The predicted octanol–water partition coefficient (Wildman–Crippen LogP) is 3.82. The van der Waals surface area contributed by atoms with Gasteiger partial charge in [0.2, 0.25) is 5.91 Å². The lowest BCUT2D eigenvalue weighted by Gasteiger charge is -2.36. The zero-order valence-corrected chi connectivity index (χ0v) is 23.7. The Morgan fingerprint density at radius 3 is 2.54 bits per heavy atom. The smallest absolute Gasteiger partial charge is 0.314 e. The molecule has 2 aliphatic rings. The number of carbonyl (C=O) groups is 1. The molecule has 13 heteroatoms. The molecule has 2 saturated heterocycles. The second kappa shape index (κ2) is 12.0. The Labute approximate surface area is 238 Å². The number of likely N-dealkylation sites (tertiary alicyclic amines) is 1. The van der Waals surface area contributed by atoms with Crippen LogP contribution < -0.4 is 16.0 Å². The number of hydrogen-bond acceptors (Lipinski definition) is 10. The highest BCUT2D eigenvalue weighted by atomic mass is 19.3. The van der Waals surface area contributed by atoms with Gasteiger partial charge in [-0.15, -0.1) is 10.2 Å². The number of amides is 1. The van der Waals surface area contributed by atoms with Crippen molar-refractivity contribution in [3.05, 3.63) is 41.3 Å². The van der Waals surface area contributed by atoms with Crippen molar-refractivity contribution in [2.75, 3.05) is 49.5 Å². The molecular formula is C28H37F2N9O2. The standard InChI is InChI=1S/C28H37F2N9O2/c1-17-21(28(2,3)27(31)40)24(34-16-33-17)39-13-8-18(9-14-39)22-19(32-10-15-38-11-4-5-12-38)6-7-20(35-22)25-36-37-26(41-25)23(29)30/h6-7,16,18,23,32H,4-5,8-15H2,1-3H3,(H2,31,40). The number of anilines is 2. The number of nitrogens with two attached hydrogens (primary N) is 1. The maximum atomic E-state index is 13.1. The fourth-order valence-electron chi connectivity index (χ4n) is 5.76. The van der Waals surface area contributed by atoms with Gasteiger partial charge in [-0.05, 0) is 71.7 Å². The van der Waals surface area contributed by atoms with Gasteiger partial charge in [0.1, 0.15) is 17.8 Å². The van der Waals surface area contributed by atoms with Crippen molar-refractivity contribution in [2.24, 2.45) is 5.73 Å². The molecule has 0 aromatic carbocycles.